The molecule has 0 N–H and O–H groups in total. The molecule has 3 saturated heterocycles. The molecule has 33 heavy (non-hydrogen) atoms. The predicted octanol–water partition coefficient (Wildman–Crippen LogP) is 0.997. The van der Waals surface area contributed by atoms with Crippen LogP contribution in [0.15, 0.2) is 24.3 Å². The molecule has 7 aliphatic rings. The predicted molar refractivity (Wildman–Crippen MR) is 115 cm³/mol. The van der Waals surface area contributed by atoms with Crippen LogP contribution in [0, 0.1) is 47.3 Å². The number of carbonyl (C=O) groups excluding carboxylic acids is 4. The van der Waals surface area contributed by atoms with Gasteiger partial charge in [-0.1, -0.05) is 24.3 Å². The van der Waals surface area contributed by atoms with E-state index in [1.54, 1.807) is 0 Å². The van der Waals surface area contributed by atoms with Crippen LogP contribution in [-0.4, -0.2) is 70.9 Å². The minimum Gasteiger partial charge on any atom is -0.377 e. The first kappa shape index (κ1) is 20.1. The fourth-order valence-electron chi connectivity index (χ4n) is 7.84. The van der Waals surface area contributed by atoms with Crippen LogP contribution in [0.3, 0.4) is 0 Å². The monoisotopic (exact) mass is 451 g/mol. The summed E-state index contributed by atoms with van der Waals surface area (Å²) in [5, 5.41) is 0. The maximum atomic E-state index is 13.2. The molecule has 2 saturated carbocycles. The van der Waals surface area contributed by atoms with Crippen molar-refractivity contribution in [3.63, 3.8) is 0 Å². The van der Waals surface area contributed by atoms with E-state index in [1.165, 1.54) is 9.80 Å². The Labute approximate surface area is 192 Å². The van der Waals surface area contributed by atoms with Gasteiger partial charge in [-0.25, -0.2) is 0 Å². The molecule has 0 aromatic carbocycles. The van der Waals surface area contributed by atoms with Crippen LogP contribution >= 0.6 is 0 Å². The third kappa shape index (κ3) is 2.77. The van der Waals surface area contributed by atoms with Gasteiger partial charge >= 0.3 is 0 Å². The molecule has 0 spiro atoms. The van der Waals surface area contributed by atoms with E-state index in [-0.39, 0.29) is 90.4 Å². The average Bonchev–Trinajstić information content (AvgIpc) is 3.63. The number of amides is 4. The smallest absolute Gasteiger partial charge is 0.234 e. The second-order valence-corrected chi connectivity index (χ2v) is 11.0. The molecule has 8 nitrogen and oxygen atoms in total. The Morgan fingerprint density at radius 2 is 1.15 bits per heavy atom. The summed E-state index contributed by atoms with van der Waals surface area (Å²) < 4.78 is 5.82. The van der Waals surface area contributed by atoms with Gasteiger partial charge in [0.15, 0.2) is 0 Å². The maximum absolute atomic E-state index is 13.2. The van der Waals surface area contributed by atoms with Gasteiger partial charge in [-0.05, 0) is 49.4 Å². The molecule has 8 heteroatoms. The van der Waals surface area contributed by atoms with Crippen molar-refractivity contribution in [3.8, 4) is 0 Å². The Hall–Kier alpha value is -2.32. The highest BCUT2D eigenvalue weighted by Crippen LogP contribution is 2.53. The Balaban J connectivity index is 1.11. The minimum absolute atomic E-state index is 0.0136. The first-order valence-electron chi connectivity index (χ1n) is 12.4. The van der Waals surface area contributed by atoms with Crippen molar-refractivity contribution < 1.29 is 23.9 Å². The van der Waals surface area contributed by atoms with Crippen LogP contribution in [0.5, 0.6) is 0 Å². The van der Waals surface area contributed by atoms with Gasteiger partial charge in [0.05, 0.1) is 43.1 Å². The molecule has 3 heterocycles. The quantitative estimate of drug-likeness (QED) is 0.442. The molecule has 3 aliphatic heterocycles. The van der Waals surface area contributed by atoms with E-state index in [0.717, 1.165) is 25.7 Å². The molecular formula is C25H29N3O5. The number of fused-ring (bicyclic) bond motifs is 10. The molecule has 0 unspecified atom stereocenters. The number of allylic oxidation sites excluding steroid dienone is 4. The van der Waals surface area contributed by atoms with Crippen molar-refractivity contribution >= 4 is 23.6 Å². The lowest BCUT2D eigenvalue weighted by molar-refractivity contribution is -0.147. The van der Waals surface area contributed by atoms with Crippen LogP contribution in [0.2, 0.25) is 0 Å². The van der Waals surface area contributed by atoms with E-state index >= 15 is 0 Å². The van der Waals surface area contributed by atoms with E-state index in [1.807, 2.05) is 4.90 Å². The minimum atomic E-state index is -0.242. The maximum Gasteiger partial charge on any atom is 0.234 e. The van der Waals surface area contributed by atoms with Crippen LogP contribution in [0.4, 0.5) is 0 Å². The molecule has 9 atom stereocenters. The lowest BCUT2D eigenvalue weighted by Crippen LogP contribution is -2.50. The van der Waals surface area contributed by atoms with Crippen molar-refractivity contribution in [2.24, 2.45) is 47.3 Å². The van der Waals surface area contributed by atoms with Crippen molar-refractivity contribution in [2.45, 2.75) is 31.8 Å². The second kappa shape index (κ2) is 7.09. The van der Waals surface area contributed by atoms with Crippen molar-refractivity contribution in [3.05, 3.63) is 24.3 Å². The lowest BCUT2D eigenvalue weighted by atomic mass is 9.85. The van der Waals surface area contributed by atoms with Crippen LogP contribution in [0.25, 0.3) is 0 Å². The van der Waals surface area contributed by atoms with Crippen molar-refractivity contribution in [1.29, 1.82) is 0 Å². The topological polar surface area (TPSA) is 87.2 Å². The molecular weight excluding hydrogens is 422 g/mol. The molecule has 4 aliphatic carbocycles. The molecule has 5 fully saturated rings. The summed E-state index contributed by atoms with van der Waals surface area (Å²) in [6.07, 6.45) is 12.0. The Kier molecular flexibility index (Phi) is 4.32. The first-order chi connectivity index (χ1) is 16.0. The molecule has 4 amide bonds. The number of imide groups is 2. The summed E-state index contributed by atoms with van der Waals surface area (Å²) >= 11 is 0. The highest BCUT2D eigenvalue weighted by atomic mass is 16.5. The van der Waals surface area contributed by atoms with E-state index in [4.69, 9.17) is 4.74 Å². The number of nitrogens with zero attached hydrogens (tertiary/aromatic N) is 3. The van der Waals surface area contributed by atoms with E-state index < -0.39 is 0 Å². The van der Waals surface area contributed by atoms with E-state index in [9.17, 15) is 19.2 Å². The number of hydrogen-bond acceptors (Lipinski definition) is 6. The van der Waals surface area contributed by atoms with E-state index in [0.29, 0.717) is 13.2 Å². The molecule has 0 radical (unpaired) electrons. The Morgan fingerprint density at radius 1 is 0.727 bits per heavy atom. The zero-order chi connectivity index (χ0) is 22.4. The normalized spacial score (nSPS) is 44.5. The standard InChI is InChI=1S/C25H29N3O5/c29-22-18-13-3-4-14(8-13)19(18)23(30)27(22)11-26(10-17-2-1-7-33-17)12-28-24(31)20-15-5-6-16(9-15)21(20)25(28)32/h3-6,13-21H,1-2,7-12H2/t13-,14-,15-,16-,17-,18-,19-,20-,21+/m0/s1. The highest BCUT2D eigenvalue weighted by molar-refractivity contribution is 6.07. The molecule has 7 rings (SSSR count). The highest BCUT2D eigenvalue weighted by Gasteiger charge is 2.61. The summed E-state index contributed by atoms with van der Waals surface area (Å²) in [5.41, 5.74) is 0. The molecule has 174 valence electrons. The number of rotatable bonds is 6. The van der Waals surface area contributed by atoms with Crippen LogP contribution in [0.1, 0.15) is 25.7 Å². The zero-order valence-electron chi connectivity index (χ0n) is 18.5. The molecule has 0 aromatic heterocycles. The number of hydrogen-bond donors (Lipinski definition) is 0. The van der Waals surface area contributed by atoms with Gasteiger partial charge in [-0.15, -0.1) is 0 Å². The van der Waals surface area contributed by atoms with Gasteiger partial charge < -0.3 is 4.74 Å². The lowest BCUT2D eigenvalue weighted by Gasteiger charge is -2.32. The second-order valence-electron chi connectivity index (χ2n) is 11.0. The number of ether oxygens (including phenoxy) is 1. The summed E-state index contributed by atoms with van der Waals surface area (Å²) in [4.78, 5) is 57.6. The van der Waals surface area contributed by atoms with Gasteiger partial charge in [0.1, 0.15) is 0 Å². The Bertz CT molecular complexity index is 870. The zero-order valence-corrected chi connectivity index (χ0v) is 18.5. The SMILES string of the molecule is O=C1[C@@H]2[C@@H](C(=O)N1CN(C[C@@H]1CCCO1)CN1C(=O)[C@@H]3[C@H](C1=O)[C@H]1C=C[C@H]3C1)[C@H]1C=C[C@H]2C1. The van der Waals surface area contributed by atoms with Gasteiger partial charge in [0.2, 0.25) is 23.6 Å². The summed E-state index contributed by atoms with van der Waals surface area (Å²) in [6, 6.07) is 0. The third-order valence-electron chi connectivity index (χ3n) is 9.29. The van der Waals surface area contributed by atoms with E-state index in [2.05, 4.69) is 24.3 Å². The fourth-order valence-corrected chi connectivity index (χ4v) is 7.84. The van der Waals surface area contributed by atoms with Gasteiger partial charge in [0, 0.05) is 13.2 Å². The van der Waals surface area contributed by atoms with Gasteiger partial charge in [-0.2, -0.15) is 0 Å². The van der Waals surface area contributed by atoms with Crippen LogP contribution in [-0.2, 0) is 23.9 Å². The van der Waals surface area contributed by atoms with Crippen molar-refractivity contribution in [2.75, 3.05) is 26.5 Å². The summed E-state index contributed by atoms with van der Waals surface area (Å²) in [5.74, 6) is -0.712. The van der Waals surface area contributed by atoms with Gasteiger partial charge in [0.25, 0.3) is 0 Å². The number of carbonyl (C=O) groups is 4. The third-order valence-corrected chi connectivity index (χ3v) is 9.29. The summed E-state index contributed by atoms with van der Waals surface area (Å²) in [6.45, 7) is 1.41. The van der Waals surface area contributed by atoms with Gasteiger partial charge in [-0.3, -0.25) is 33.9 Å². The summed E-state index contributed by atoms with van der Waals surface area (Å²) in [7, 11) is 0. The van der Waals surface area contributed by atoms with Crippen LogP contribution < -0.4 is 0 Å². The Morgan fingerprint density at radius 3 is 1.52 bits per heavy atom. The molecule has 0 aromatic rings. The fraction of sp³-hybridized carbons (Fsp3) is 0.680. The molecule has 4 bridgehead atoms. The number of likely N-dealkylation sites (tertiary alicyclic amines) is 2. The largest absolute Gasteiger partial charge is 0.377 e. The van der Waals surface area contributed by atoms with Crippen molar-refractivity contribution in [1.82, 2.24) is 14.7 Å². The first-order valence-corrected chi connectivity index (χ1v) is 12.4. The average molecular weight is 452 g/mol.